The molecule has 4 rings (SSSR count). The van der Waals surface area contributed by atoms with E-state index in [2.05, 4.69) is 0 Å². The molecule has 5 heteroatoms. The number of ether oxygens (including phenoxy) is 2. The first-order chi connectivity index (χ1) is 11.7. The highest BCUT2D eigenvalue weighted by Gasteiger charge is 2.25. The van der Waals surface area contributed by atoms with E-state index >= 15 is 0 Å². The van der Waals surface area contributed by atoms with Gasteiger partial charge in [0.15, 0.2) is 6.73 Å². The smallest absolute Gasteiger partial charge is 0.345 e. The molecule has 0 amide bonds. The molecule has 0 spiro atoms. The SMILES string of the molecule is COc1ccccc1N1COc2c(c(=O)oc3ccc(C)cc23)C1. The van der Waals surface area contributed by atoms with E-state index in [-0.39, 0.29) is 5.63 Å². The van der Waals surface area contributed by atoms with Gasteiger partial charge in [0, 0.05) is 0 Å². The third-order valence-corrected chi connectivity index (χ3v) is 4.24. The van der Waals surface area contributed by atoms with Crippen molar-refractivity contribution in [3.8, 4) is 11.5 Å². The molecule has 122 valence electrons. The largest absolute Gasteiger partial charge is 0.495 e. The number of rotatable bonds is 2. The summed E-state index contributed by atoms with van der Waals surface area (Å²) in [6, 6.07) is 13.4. The Balaban J connectivity index is 1.82. The van der Waals surface area contributed by atoms with Gasteiger partial charge in [-0.25, -0.2) is 4.79 Å². The van der Waals surface area contributed by atoms with Gasteiger partial charge in [-0.3, -0.25) is 0 Å². The van der Waals surface area contributed by atoms with E-state index in [1.54, 1.807) is 7.11 Å². The first-order valence-corrected chi connectivity index (χ1v) is 7.74. The van der Waals surface area contributed by atoms with Crippen molar-refractivity contribution in [1.29, 1.82) is 0 Å². The first-order valence-electron chi connectivity index (χ1n) is 7.74. The summed E-state index contributed by atoms with van der Waals surface area (Å²) in [6.45, 7) is 2.77. The summed E-state index contributed by atoms with van der Waals surface area (Å²) in [5.41, 5.74) is 2.70. The molecular weight excluding hydrogens is 306 g/mol. The third-order valence-electron chi connectivity index (χ3n) is 4.24. The van der Waals surface area contributed by atoms with Crippen molar-refractivity contribution in [2.24, 2.45) is 0 Å². The van der Waals surface area contributed by atoms with Gasteiger partial charge in [-0.1, -0.05) is 23.8 Å². The molecule has 1 aliphatic rings. The van der Waals surface area contributed by atoms with Crippen LogP contribution in [0.25, 0.3) is 11.0 Å². The molecule has 0 saturated heterocycles. The van der Waals surface area contributed by atoms with E-state index in [1.807, 2.05) is 54.3 Å². The highest BCUT2D eigenvalue weighted by atomic mass is 16.5. The van der Waals surface area contributed by atoms with Crippen LogP contribution in [-0.4, -0.2) is 13.8 Å². The van der Waals surface area contributed by atoms with Crippen LogP contribution >= 0.6 is 0 Å². The Hall–Kier alpha value is -2.95. The molecule has 0 N–H and O–H groups in total. The van der Waals surface area contributed by atoms with Crippen LogP contribution in [0.4, 0.5) is 5.69 Å². The second-order valence-corrected chi connectivity index (χ2v) is 5.84. The topological polar surface area (TPSA) is 51.9 Å². The van der Waals surface area contributed by atoms with E-state index in [0.29, 0.717) is 30.2 Å². The second kappa shape index (κ2) is 5.60. The lowest BCUT2D eigenvalue weighted by molar-refractivity contribution is 0.285. The fourth-order valence-electron chi connectivity index (χ4n) is 3.05. The number of fused-ring (bicyclic) bond motifs is 3. The minimum Gasteiger partial charge on any atom is -0.495 e. The lowest BCUT2D eigenvalue weighted by atomic mass is 10.1. The number of hydrogen-bond acceptors (Lipinski definition) is 5. The molecule has 0 aliphatic carbocycles. The highest BCUT2D eigenvalue weighted by molar-refractivity contribution is 5.85. The molecule has 0 bridgehead atoms. The zero-order valence-corrected chi connectivity index (χ0v) is 13.5. The molecular formula is C19H17NO4. The number of para-hydroxylation sites is 2. The first kappa shape index (κ1) is 14.6. The molecule has 3 aromatic rings. The molecule has 1 aromatic heterocycles. The molecule has 0 atom stereocenters. The molecule has 0 radical (unpaired) electrons. The van der Waals surface area contributed by atoms with Crippen LogP contribution < -0.4 is 20.0 Å². The maximum atomic E-state index is 12.4. The summed E-state index contributed by atoms with van der Waals surface area (Å²) in [4.78, 5) is 14.3. The predicted molar refractivity (Wildman–Crippen MR) is 91.9 cm³/mol. The van der Waals surface area contributed by atoms with E-state index in [4.69, 9.17) is 13.9 Å². The van der Waals surface area contributed by atoms with E-state index in [9.17, 15) is 4.79 Å². The molecule has 0 saturated carbocycles. The molecule has 1 aliphatic heterocycles. The number of methoxy groups -OCH3 is 1. The van der Waals surface area contributed by atoms with Crippen molar-refractivity contribution in [2.45, 2.75) is 13.5 Å². The summed E-state index contributed by atoms with van der Waals surface area (Å²) < 4.78 is 16.8. The van der Waals surface area contributed by atoms with Crippen molar-refractivity contribution in [3.05, 3.63) is 64.0 Å². The highest BCUT2D eigenvalue weighted by Crippen LogP contribution is 2.36. The summed E-state index contributed by atoms with van der Waals surface area (Å²) in [7, 11) is 1.63. The van der Waals surface area contributed by atoms with Gasteiger partial charge in [-0.15, -0.1) is 0 Å². The Labute approximate surface area is 139 Å². The van der Waals surface area contributed by atoms with Crippen molar-refractivity contribution in [2.75, 3.05) is 18.7 Å². The Morgan fingerprint density at radius 3 is 2.83 bits per heavy atom. The summed E-state index contributed by atoms with van der Waals surface area (Å²) in [5.74, 6) is 1.36. The van der Waals surface area contributed by atoms with Gasteiger partial charge >= 0.3 is 5.63 Å². The zero-order valence-electron chi connectivity index (χ0n) is 13.5. The van der Waals surface area contributed by atoms with Crippen LogP contribution in [0.15, 0.2) is 51.7 Å². The van der Waals surface area contributed by atoms with Crippen molar-refractivity contribution < 1.29 is 13.9 Å². The van der Waals surface area contributed by atoms with E-state index in [1.165, 1.54) is 0 Å². The lowest BCUT2D eigenvalue weighted by Crippen LogP contribution is -2.35. The predicted octanol–water partition coefficient (Wildman–Crippen LogP) is 3.47. The van der Waals surface area contributed by atoms with Gasteiger partial charge in [0.2, 0.25) is 0 Å². The van der Waals surface area contributed by atoms with Crippen LogP contribution in [-0.2, 0) is 6.54 Å². The standard InChI is InChI=1S/C19H17NO4/c1-12-7-8-16-13(9-12)18-14(19(21)24-16)10-20(11-23-18)15-5-3-4-6-17(15)22-2/h3-9H,10-11H2,1-2H3. The van der Waals surface area contributed by atoms with Crippen LogP contribution in [0.3, 0.4) is 0 Å². The number of aryl methyl sites for hydroxylation is 1. The van der Waals surface area contributed by atoms with Gasteiger partial charge < -0.3 is 18.8 Å². The number of hydrogen-bond donors (Lipinski definition) is 0. The average Bonchev–Trinajstić information content (AvgIpc) is 2.62. The average molecular weight is 323 g/mol. The van der Waals surface area contributed by atoms with Crippen LogP contribution in [0.5, 0.6) is 11.5 Å². The molecule has 5 nitrogen and oxygen atoms in total. The second-order valence-electron chi connectivity index (χ2n) is 5.84. The van der Waals surface area contributed by atoms with Gasteiger partial charge in [0.25, 0.3) is 0 Å². The Kier molecular flexibility index (Phi) is 3.41. The number of anilines is 1. The van der Waals surface area contributed by atoms with Crippen LogP contribution in [0, 0.1) is 6.92 Å². The number of benzene rings is 2. The third kappa shape index (κ3) is 2.29. The van der Waals surface area contributed by atoms with Crippen LogP contribution in [0.1, 0.15) is 11.1 Å². The van der Waals surface area contributed by atoms with Crippen molar-refractivity contribution in [3.63, 3.8) is 0 Å². The lowest BCUT2D eigenvalue weighted by Gasteiger charge is -2.31. The summed E-state index contributed by atoms with van der Waals surface area (Å²) >= 11 is 0. The zero-order chi connectivity index (χ0) is 16.7. The maximum absolute atomic E-state index is 12.4. The quantitative estimate of drug-likeness (QED) is 0.676. The fourth-order valence-corrected chi connectivity index (χ4v) is 3.05. The minimum atomic E-state index is -0.360. The summed E-state index contributed by atoms with van der Waals surface area (Å²) in [6.07, 6.45) is 0. The Morgan fingerprint density at radius 2 is 2.00 bits per heavy atom. The van der Waals surface area contributed by atoms with Gasteiger partial charge in [0.05, 0.1) is 30.3 Å². The van der Waals surface area contributed by atoms with Gasteiger partial charge in [-0.2, -0.15) is 0 Å². The normalized spacial score (nSPS) is 13.5. The Bertz CT molecular complexity index is 977. The molecule has 2 aromatic carbocycles. The fraction of sp³-hybridized carbons (Fsp3) is 0.211. The van der Waals surface area contributed by atoms with Crippen LogP contribution in [0.2, 0.25) is 0 Å². The van der Waals surface area contributed by atoms with E-state index in [0.717, 1.165) is 22.4 Å². The monoisotopic (exact) mass is 323 g/mol. The molecule has 2 heterocycles. The van der Waals surface area contributed by atoms with E-state index < -0.39 is 0 Å². The maximum Gasteiger partial charge on any atom is 0.345 e. The molecule has 0 unspecified atom stereocenters. The Morgan fingerprint density at radius 1 is 1.17 bits per heavy atom. The number of nitrogens with zero attached hydrogens (tertiary/aromatic N) is 1. The minimum absolute atomic E-state index is 0.347. The molecule has 24 heavy (non-hydrogen) atoms. The molecule has 0 fully saturated rings. The van der Waals surface area contributed by atoms with Crippen molar-refractivity contribution >= 4 is 16.7 Å². The van der Waals surface area contributed by atoms with Crippen molar-refractivity contribution in [1.82, 2.24) is 0 Å². The summed E-state index contributed by atoms with van der Waals surface area (Å²) in [5, 5.41) is 0.837. The van der Waals surface area contributed by atoms with Gasteiger partial charge in [0.1, 0.15) is 17.1 Å². The van der Waals surface area contributed by atoms with Gasteiger partial charge in [-0.05, 0) is 31.2 Å².